The topological polar surface area (TPSA) is 22.1 Å². The maximum absolute atomic E-state index is 5.57. The number of aryl methyl sites for hydroxylation is 1. The van der Waals surface area contributed by atoms with Crippen molar-refractivity contribution in [2.75, 3.05) is 6.61 Å². The van der Waals surface area contributed by atoms with Gasteiger partial charge < -0.3 is 4.74 Å². The highest BCUT2D eigenvalue weighted by atomic mass is 16.5. The Hall–Kier alpha value is -1.83. The van der Waals surface area contributed by atoms with Crippen molar-refractivity contribution in [1.29, 1.82) is 0 Å². The van der Waals surface area contributed by atoms with Gasteiger partial charge in [0.1, 0.15) is 5.75 Å². The maximum Gasteiger partial charge on any atom is 0.127 e. The molecule has 0 amide bonds. The van der Waals surface area contributed by atoms with Crippen molar-refractivity contribution in [2.24, 2.45) is 0 Å². The summed E-state index contributed by atoms with van der Waals surface area (Å²) in [6, 6.07) is 14.9. The van der Waals surface area contributed by atoms with Crippen molar-refractivity contribution in [3.05, 3.63) is 59.9 Å². The van der Waals surface area contributed by atoms with E-state index in [-0.39, 0.29) is 0 Å². The smallest absolute Gasteiger partial charge is 0.127 e. The van der Waals surface area contributed by atoms with E-state index in [4.69, 9.17) is 4.74 Å². The molecular weight excluding hydrogens is 210 g/mol. The van der Waals surface area contributed by atoms with Crippen LogP contribution in [0.4, 0.5) is 0 Å². The van der Waals surface area contributed by atoms with E-state index in [0.717, 1.165) is 24.3 Å². The van der Waals surface area contributed by atoms with Gasteiger partial charge >= 0.3 is 0 Å². The number of ether oxygens (including phenoxy) is 1. The molecule has 0 saturated carbocycles. The molecule has 2 nitrogen and oxygen atoms in total. The molecule has 17 heavy (non-hydrogen) atoms. The summed E-state index contributed by atoms with van der Waals surface area (Å²) >= 11 is 0. The first-order valence-electron chi connectivity index (χ1n) is 5.92. The Labute approximate surface area is 102 Å². The first kappa shape index (κ1) is 11.6. The minimum Gasteiger partial charge on any atom is -0.493 e. The van der Waals surface area contributed by atoms with Crippen molar-refractivity contribution in [3.8, 4) is 5.75 Å². The molecule has 0 unspecified atom stereocenters. The largest absolute Gasteiger partial charge is 0.493 e. The molecular formula is C15H16NO. The number of hydrogen-bond acceptors (Lipinski definition) is 2. The Balaban J connectivity index is 1.82. The minimum atomic E-state index is 0.638. The van der Waals surface area contributed by atoms with Crippen LogP contribution in [-0.2, 0) is 12.8 Å². The van der Waals surface area contributed by atoms with Crippen LogP contribution in [0.2, 0.25) is 0 Å². The van der Waals surface area contributed by atoms with Crippen LogP contribution in [-0.4, -0.2) is 11.6 Å². The van der Waals surface area contributed by atoms with E-state index in [2.05, 4.69) is 30.1 Å². The summed E-state index contributed by atoms with van der Waals surface area (Å²) in [6.45, 7) is 2.77. The highest BCUT2D eigenvalue weighted by Crippen LogP contribution is 2.08. The van der Waals surface area contributed by atoms with Crippen LogP contribution in [0.15, 0.2) is 42.6 Å². The van der Waals surface area contributed by atoms with Gasteiger partial charge in [0.25, 0.3) is 0 Å². The summed E-state index contributed by atoms with van der Waals surface area (Å²) in [5.41, 5.74) is 2.34. The van der Waals surface area contributed by atoms with Crippen molar-refractivity contribution in [1.82, 2.24) is 4.98 Å². The molecule has 2 heteroatoms. The second-order valence-electron chi connectivity index (χ2n) is 3.84. The van der Waals surface area contributed by atoms with E-state index in [1.54, 1.807) is 0 Å². The molecule has 1 aromatic carbocycles. The van der Waals surface area contributed by atoms with Crippen molar-refractivity contribution in [3.63, 3.8) is 0 Å². The van der Waals surface area contributed by atoms with Gasteiger partial charge in [0, 0.05) is 24.4 Å². The molecule has 87 valence electrons. The van der Waals surface area contributed by atoms with Crippen LogP contribution in [0, 0.1) is 6.07 Å². The van der Waals surface area contributed by atoms with E-state index in [0.29, 0.717) is 6.61 Å². The lowest BCUT2D eigenvalue weighted by atomic mass is 10.2. The van der Waals surface area contributed by atoms with E-state index < -0.39 is 0 Å². The second-order valence-corrected chi connectivity index (χ2v) is 3.84. The number of aromatic nitrogens is 1. The third-order valence-corrected chi connectivity index (χ3v) is 2.59. The molecule has 0 bridgehead atoms. The Bertz CT molecular complexity index is 436. The van der Waals surface area contributed by atoms with Gasteiger partial charge in [-0.1, -0.05) is 31.2 Å². The van der Waals surface area contributed by atoms with Gasteiger partial charge in [-0.05, 0) is 24.1 Å². The Morgan fingerprint density at radius 2 is 2.18 bits per heavy atom. The van der Waals surface area contributed by atoms with Crippen molar-refractivity contribution in [2.45, 2.75) is 19.8 Å². The fraction of sp³-hybridized carbons (Fsp3) is 0.267. The van der Waals surface area contributed by atoms with Gasteiger partial charge in [-0.25, -0.2) is 0 Å². The zero-order valence-electron chi connectivity index (χ0n) is 10.0. The summed E-state index contributed by atoms with van der Waals surface area (Å²) in [7, 11) is 0. The van der Waals surface area contributed by atoms with Crippen LogP contribution >= 0.6 is 0 Å². The number of pyridine rings is 1. The maximum atomic E-state index is 5.57. The van der Waals surface area contributed by atoms with Crippen molar-refractivity contribution >= 4 is 0 Å². The summed E-state index contributed by atoms with van der Waals surface area (Å²) in [5.74, 6) is 0.790. The molecule has 1 aromatic heterocycles. The summed E-state index contributed by atoms with van der Waals surface area (Å²) in [4.78, 5) is 4.39. The predicted molar refractivity (Wildman–Crippen MR) is 68.1 cm³/mol. The van der Waals surface area contributed by atoms with Crippen LogP contribution in [0.3, 0.4) is 0 Å². The Morgan fingerprint density at radius 3 is 2.82 bits per heavy atom. The fourth-order valence-electron chi connectivity index (χ4n) is 1.54. The minimum absolute atomic E-state index is 0.638. The highest BCUT2D eigenvalue weighted by Gasteiger charge is 1.97. The van der Waals surface area contributed by atoms with Crippen LogP contribution in [0.5, 0.6) is 5.75 Å². The first-order chi connectivity index (χ1) is 8.38. The molecule has 0 N–H and O–H groups in total. The quantitative estimate of drug-likeness (QED) is 0.781. The van der Waals surface area contributed by atoms with Gasteiger partial charge in [0.05, 0.1) is 6.61 Å². The zero-order chi connectivity index (χ0) is 11.9. The van der Waals surface area contributed by atoms with Crippen LogP contribution < -0.4 is 4.74 Å². The molecule has 0 saturated heterocycles. The highest BCUT2D eigenvalue weighted by molar-refractivity contribution is 5.19. The third kappa shape index (κ3) is 3.59. The molecule has 1 radical (unpaired) electrons. The van der Waals surface area contributed by atoms with Gasteiger partial charge in [0.2, 0.25) is 0 Å². The molecule has 0 spiro atoms. The Kier molecular flexibility index (Phi) is 4.14. The van der Waals surface area contributed by atoms with E-state index in [1.165, 1.54) is 5.56 Å². The summed E-state index contributed by atoms with van der Waals surface area (Å²) < 4.78 is 5.57. The number of para-hydroxylation sites is 1. The van der Waals surface area contributed by atoms with Crippen molar-refractivity contribution < 1.29 is 4.74 Å². The van der Waals surface area contributed by atoms with E-state index in [1.807, 2.05) is 30.5 Å². The monoisotopic (exact) mass is 226 g/mol. The number of benzene rings is 1. The molecule has 0 aliphatic carbocycles. The fourth-order valence-corrected chi connectivity index (χ4v) is 1.54. The summed E-state index contributed by atoms with van der Waals surface area (Å²) in [6.07, 6.45) is 3.79. The number of nitrogens with zero attached hydrogens (tertiary/aromatic N) is 1. The SMILES string of the molecule is CCc1ccc(CCOc2[c]cccc2)nc1. The molecule has 2 aromatic rings. The molecule has 2 rings (SSSR count). The standard InChI is InChI=1S/C15H16NO/c1-2-13-8-9-14(16-12-13)10-11-17-15-6-4-3-5-7-15/h3-6,8-9,12H,2,10-11H2,1H3. The number of rotatable bonds is 5. The zero-order valence-corrected chi connectivity index (χ0v) is 10.0. The molecule has 0 fully saturated rings. The van der Waals surface area contributed by atoms with Gasteiger partial charge in [0.15, 0.2) is 0 Å². The van der Waals surface area contributed by atoms with Crippen LogP contribution in [0.1, 0.15) is 18.2 Å². The molecule has 0 aliphatic heterocycles. The second kappa shape index (κ2) is 6.04. The molecule has 0 aliphatic rings. The van der Waals surface area contributed by atoms with E-state index >= 15 is 0 Å². The van der Waals surface area contributed by atoms with Gasteiger partial charge in [-0.3, -0.25) is 4.98 Å². The average Bonchev–Trinajstić information content (AvgIpc) is 2.41. The summed E-state index contributed by atoms with van der Waals surface area (Å²) in [5, 5.41) is 0. The third-order valence-electron chi connectivity index (χ3n) is 2.59. The first-order valence-corrected chi connectivity index (χ1v) is 5.92. The molecule has 1 heterocycles. The molecule has 0 atom stereocenters. The van der Waals surface area contributed by atoms with Crippen LogP contribution in [0.25, 0.3) is 0 Å². The predicted octanol–water partition coefficient (Wildman–Crippen LogP) is 3.07. The lowest BCUT2D eigenvalue weighted by molar-refractivity contribution is 0.320. The Morgan fingerprint density at radius 1 is 1.24 bits per heavy atom. The van der Waals surface area contributed by atoms with Gasteiger partial charge in [-0.15, -0.1) is 0 Å². The normalized spacial score (nSPS) is 10.2. The average molecular weight is 226 g/mol. The lowest BCUT2D eigenvalue weighted by Gasteiger charge is -2.05. The lowest BCUT2D eigenvalue weighted by Crippen LogP contribution is -2.03. The number of hydrogen-bond donors (Lipinski definition) is 0. The van der Waals surface area contributed by atoms with E-state index in [9.17, 15) is 0 Å². The van der Waals surface area contributed by atoms with Gasteiger partial charge in [-0.2, -0.15) is 0 Å².